The lowest BCUT2D eigenvalue weighted by Crippen LogP contribution is -2.53. The molecule has 0 heterocycles. The second-order valence-corrected chi connectivity index (χ2v) is 5.40. The maximum atomic E-state index is 12.2. The molecule has 4 N–H and O–H groups in total. The van der Waals surface area contributed by atoms with Crippen LogP contribution in [0, 0.1) is 17.2 Å². The average molecular weight is 296 g/mol. The van der Waals surface area contributed by atoms with Gasteiger partial charge in [0, 0.05) is 13.3 Å². The molecule has 0 bridgehead atoms. The summed E-state index contributed by atoms with van der Waals surface area (Å²) in [6, 6.07) is 0.450. The summed E-state index contributed by atoms with van der Waals surface area (Å²) in [5.74, 6) is -1.18. The van der Waals surface area contributed by atoms with Gasteiger partial charge in [-0.05, 0) is 25.2 Å². The van der Waals surface area contributed by atoms with E-state index in [2.05, 4.69) is 10.6 Å². The van der Waals surface area contributed by atoms with Crippen LogP contribution in [0.25, 0.3) is 0 Å². The van der Waals surface area contributed by atoms with Crippen LogP contribution in [-0.2, 0) is 14.4 Å². The Kier molecular flexibility index (Phi) is 8.77. The van der Waals surface area contributed by atoms with Crippen LogP contribution in [0.15, 0.2) is 0 Å². The van der Waals surface area contributed by atoms with Crippen LogP contribution >= 0.6 is 0 Å². The molecule has 0 unspecified atom stereocenters. The molecular formula is C14H24N4O3. The van der Waals surface area contributed by atoms with E-state index in [1.165, 1.54) is 6.92 Å². The minimum absolute atomic E-state index is 0.207. The van der Waals surface area contributed by atoms with Gasteiger partial charge in [0.2, 0.25) is 17.7 Å². The van der Waals surface area contributed by atoms with E-state index in [4.69, 9.17) is 11.0 Å². The van der Waals surface area contributed by atoms with Crippen molar-refractivity contribution >= 4 is 17.7 Å². The fourth-order valence-corrected chi connectivity index (χ4v) is 1.89. The zero-order valence-corrected chi connectivity index (χ0v) is 12.8. The first-order chi connectivity index (χ1) is 9.77. The summed E-state index contributed by atoms with van der Waals surface area (Å²) in [6.45, 7) is 5.19. The molecule has 21 heavy (non-hydrogen) atoms. The third-order valence-corrected chi connectivity index (χ3v) is 2.84. The van der Waals surface area contributed by atoms with Crippen LogP contribution in [-0.4, -0.2) is 29.8 Å². The van der Waals surface area contributed by atoms with Crippen molar-refractivity contribution in [3.8, 4) is 6.07 Å². The van der Waals surface area contributed by atoms with Crippen LogP contribution in [0.3, 0.4) is 0 Å². The highest BCUT2D eigenvalue weighted by Gasteiger charge is 2.25. The van der Waals surface area contributed by atoms with E-state index in [-0.39, 0.29) is 11.8 Å². The van der Waals surface area contributed by atoms with Crippen molar-refractivity contribution < 1.29 is 14.4 Å². The largest absolute Gasteiger partial charge is 0.368 e. The molecule has 118 valence electrons. The fourth-order valence-electron chi connectivity index (χ4n) is 1.89. The Balaban J connectivity index is 4.69. The van der Waals surface area contributed by atoms with Gasteiger partial charge in [0.15, 0.2) is 0 Å². The molecule has 0 rings (SSSR count). The second kappa shape index (κ2) is 9.75. The predicted octanol–water partition coefficient (Wildman–Crippen LogP) is 0.201. The Morgan fingerprint density at radius 1 is 1.19 bits per heavy atom. The lowest BCUT2D eigenvalue weighted by atomic mass is 10.0. The van der Waals surface area contributed by atoms with E-state index >= 15 is 0 Å². The SMILES string of the molecule is CC(=O)N[C@@H](CC(C)C)C(=O)N[C@H](CCCC#N)C(N)=O. The Bertz CT molecular complexity index is 415. The number of primary amides is 1. The van der Waals surface area contributed by atoms with Gasteiger partial charge in [0.05, 0.1) is 6.07 Å². The summed E-state index contributed by atoms with van der Waals surface area (Å²) in [6.07, 6.45) is 1.54. The maximum absolute atomic E-state index is 12.2. The van der Waals surface area contributed by atoms with E-state index in [0.717, 1.165) is 0 Å². The van der Waals surface area contributed by atoms with Crippen molar-refractivity contribution in [2.45, 2.75) is 58.5 Å². The van der Waals surface area contributed by atoms with Crippen molar-refractivity contribution in [2.24, 2.45) is 11.7 Å². The third-order valence-electron chi connectivity index (χ3n) is 2.84. The molecule has 2 atom stereocenters. The standard InChI is InChI=1S/C14H24N4O3/c1-9(2)8-12(17-10(3)19)14(21)18-11(13(16)20)6-4-5-7-15/h9,11-12H,4-6,8H2,1-3H3,(H2,16,20)(H,17,19)(H,18,21)/t11-,12+/m1/s1. The van der Waals surface area contributed by atoms with Gasteiger partial charge in [-0.15, -0.1) is 0 Å². The van der Waals surface area contributed by atoms with E-state index in [0.29, 0.717) is 25.7 Å². The smallest absolute Gasteiger partial charge is 0.243 e. The quantitative estimate of drug-likeness (QED) is 0.525. The summed E-state index contributed by atoms with van der Waals surface area (Å²) >= 11 is 0. The maximum Gasteiger partial charge on any atom is 0.243 e. The first-order valence-electron chi connectivity index (χ1n) is 7.01. The molecule has 0 aliphatic carbocycles. The molecule has 7 nitrogen and oxygen atoms in total. The summed E-state index contributed by atoms with van der Waals surface area (Å²) < 4.78 is 0. The van der Waals surface area contributed by atoms with E-state index in [1.54, 1.807) is 0 Å². The minimum Gasteiger partial charge on any atom is -0.368 e. The number of nitriles is 1. The molecule has 0 aromatic rings. The van der Waals surface area contributed by atoms with Gasteiger partial charge >= 0.3 is 0 Å². The van der Waals surface area contributed by atoms with Gasteiger partial charge < -0.3 is 16.4 Å². The van der Waals surface area contributed by atoms with Gasteiger partial charge in [-0.3, -0.25) is 14.4 Å². The summed E-state index contributed by atoms with van der Waals surface area (Å²) in [5.41, 5.74) is 5.25. The minimum atomic E-state index is -0.825. The number of hydrogen-bond donors (Lipinski definition) is 3. The lowest BCUT2D eigenvalue weighted by Gasteiger charge is -2.22. The molecule has 0 saturated heterocycles. The number of unbranched alkanes of at least 4 members (excludes halogenated alkanes) is 1. The van der Waals surface area contributed by atoms with Crippen LogP contribution in [0.2, 0.25) is 0 Å². The van der Waals surface area contributed by atoms with E-state index in [9.17, 15) is 14.4 Å². The van der Waals surface area contributed by atoms with Crippen molar-refractivity contribution in [2.75, 3.05) is 0 Å². The van der Waals surface area contributed by atoms with Crippen molar-refractivity contribution in [1.29, 1.82) is 5.26 Å². The zero-order valence-electron chi connectivity index (χ0n) is 12.8. The number of nitrogens with zero attached hydrogens (tertiary/aromatic N) is 1. The Hall–Kier alpha value is -2.10. The zero-order chi connectivity index (χ0) is 16.4. The molecule has 0 spiro atoms. The fraction of sp³-hybridized carbons (Fsp3) is 0.714. The van der Waals surface area contributed by atoms with Crippen LogP contribution in [0.5, 0.6) is 0 Å². The van der Waals surface area contributed by atoms with E-state index in [1.807, 2.05) is 19.9 Å². The summed E-state index contributed by atoms with van der Waals surface area (Å²) in [7, 11) is 0. The van der Waals surface area contributed by atoms with Crippen LogP contribution in [0.4, 0.5) is 0 Å². The molecule has 0 aliphatic heterocycles. The molecule has 0 aromatic heterocycles. The lowest BCUT2D eigenvalue weighted by molar-refractivity contribution is -0.131. The van der Waals surface area contributed by atoms with Crippen LogP contribution in [0.1, 0.15) is 46.5 Å². The Morgan fingerprint density at radius 2 is 1.81 bits per heavy atom. The molecule has 3 amide bonds. The highest BCUT2D eigenvalue weighted by molar-refractivity contribution is 5.91. The van der Waals surface area contributed by atoms with Gasteiger partial charge in [-0.2, -0.15) is 5.26 Å². The molecule has 0 aromatic carbocycles. The number of carbonyl (C=O) groups is 3. The molecule has 0 fully saturated rings. The van der Waals surface area contributed by atoms with E-state index < -0.39 is 23.9 Å². The number of nitrogens with two attached hydrogens (primary N) is 1. The average Bonchev–Trinajstić information content (AvgIpc) is 2.35. The van der Waals surface area contributed by atoms with Crippen molar-refractivity contribution in [1.82, 2.24) is 10.6 Å². The van der Waals surface area contributed by atoms with Gasteiger partial charge in [-0.25, -0.2) is 0 Å². The Labute approximate surface area is 125 Å². The summed E-state index contributed by atoms with van der Waals surface area (Å²) in [5, 5.41) is 13.6. The van der Waals surface area contributed by atoms with Crippen molar-refractivity contribution in [3.05, 3.63) is 0 Å². The second-order valence-electron chi connectivity index (χ2n) is 5.40. The third kappa shape index (κ3) is 8.63. The van der Waals surface area contributed by atoms with Gasteiger partial charge in [0.1, 0.15) is 12.1 Å². The first kappa shape index (κ1) is 18.9. The molecule has 0 radical (unpaired) electrons. The first-order valence-corrected chi connectivity index (χ1v) is 7.01. The predicted molar refractivity (Wildman–Crippen MR) is 77.6 cm³/mol. The summed E-state index contributed by atoms with van der Waals surface area (Å²) in [4.78, 5) is 34.6. The van der Waals surface area contributed by atoms with Gasteiger partial charge in [0.25, 0.3) is 0 Å². The van der Waals surface area contributed by atoms with Crippen molar-refractivity contribution in [3.63, 3.8) is 0 Å². The number of amides is 3. The number of carbonyl (C=O) groups excluding carboxylic acids is 3. The molecular weight excluding hydrogens is 272 g/mol. The van der Waals surface area contributed by atoms with Crippen LogP contribution < -0.4 is 16.4 Å². The van der Waals surface area contributed by atoms with Gasteiger partial charge in [-0.1, -0.05) is 13.8 Å². The number of nitrogens with one attached hydrogen (secondary N) is 2. The molecule has 7 heteroatoms. The topological polar surface area (TPSA) is 125 Å². The molecule has 0 saturated carbocycles. The molecule has 0 aliphatic rings. The monoisotopic (exact) mass is 296 g/mol. The highest BCUT2D eigenvalue weighted by atomic mass is 16.2. The number of hydrogen-bond acceptors (Lipinski definition) is 4. The highest BCUT2D eigenvalue weighted by Crippen LogP contribution is 2.07. The number of rotatable bonds is 9. The Morgan fingerprint density at radius 3 is 2.24 bits per heavy atom. The normalized spacial score (nSPS) is 13.1.